The molecular weight excluding hydrogens is 326 g/mol. The number of carbonyl (C=O) groups excluding carboxylic acids is 1. The zero-order valence-corrected chi connectivity index (χ0v) is 16.4. The Balaban J connectivity index is 1.96. The molecule has 0 bridgehead atoms. The molecular formula is C21H29N3O2. The second-order valence-corrected chi connectivity index (χ2v) is 8.04. The largest absolute Gasteiger partial charge is 0.444 e. The lowest BCUT2D eigenvalue weighted by atomic mass is 9.94. The average molecular weight is 355 g/mol. The molecule has 1 aromatic carbocycles. The quantitative estimate of drug-likeness (QED) is 0.868. The fourth-order valence-electron chi connectivity index (χ4n) is 3.44. The molecule has 1 aliphatic rings. The minimum Gasteiger partial charge on any atom is -0.444 e. The summed E-state index contributed by atoms with van der Waals surface area (Å²) in [6.45, 7) is 10.4. The van der Waals surface area contributed by atoms with Crippen LogP contribution in [0.15, 0.2) is 24.3 Å². The smallest absolute Gasteiger partial charge is 0.411 e. The van der Waals surface area contributed by atoms with Gasteiger partial charge >= 0.3 is 6.09 Å². The number of aryl methyl sites for hydroxylation is 2. The van der Waals surface area contributed by atoms with E-state index in [0.29, 0.717) is 6.54 Å². The van der Waals surface area contributed by atoms with Gasteiger partial charge in [0.05, 0.1) is 18.3 Å². The van der Waals surface area contributed by atoms with E-state index >= 15 is 0 Å². The predicted molar refractivity (Wildman–Crippen MR) is 102 cm³/mol. The Hall–Kier alpha value is -2.30. The third-order valence-electron chi connectivity index (χ3n) is 4.68. The van der Waals surface area contributed by atoms with E-state index in [0.717, 1.165) is 36.5 Å². The van der Waals surface area contributed by atoms with E-state index in [4.69, 9.17) is 9.72 Å². The first-order chi connectivity index (χ1) is 12.3. The minimum absolute atomic E-state index is 0.135. The Bertz CT molecular complexity index is 789. The number of ether oxygens (including phenoxy) is 1. The Kier molecular flexibility index (Phi) is 5.08. The van der Waals surface area contributed by atoms with Crippen LogP contribution in [0.1, 0.15) is 68.5 Å². The van der Waals surface area contributed by atoms with E-state index in [1.165, 1.54) is 11.1 Å². The summed E-state index contributed by atoms with van der Waals surface area (Å²) in [5, 5.41) is 0. The highest BCUT2D eigenvalue weighted by atomic mass is 16.6. The van der Waals surface area contributed by atoms with E-state index in [1.54, 1.807) is 0 Å². The van der Waals surface area contributed by atoms with Crippen molar-refractivity contribution in [2.45, 2.75) is 72.1 Å². The molecule has 26 heavy (non-hydrogen) atoms. The summed E-state index contributed by atoms with van der Waals surface area (Å²) in [5.74, 6) is 0.853. The van der Waals surface area contributed by atoms with Crippen molar-refractivity contribution in [2.24, 2.45) is 0 Å². The van der Waals surface area contributed by atoms with E-state index in [-0.39, 0.29) is 12.1 Å². The van der Waals surface area contributed by atoms with Gasteiger partial charge in [0, 0.05) is 12.1 Å². The van der Waals surface area contributed by atoms with Crippen molar-refractivity contribution in [1.82, 2.24) is 14.9 Å². The van der Waals surface area contributed by atoms with Gasteiger partial charge in [-0.15, -0.1) is 0 Å². The van der Waals surface area contributed by atoms with Crippen LogP contribution < -0.4 is 0 Å². The molecule has 1 aromatic heterocycles. The van der Waals surface area contributed by atoms with Crippen molar-refractivity contribution < 1.29 is 9.53 Å². The fourth-order valence-corrected chi connectivity index (χ4v) is 3.44. The number of carbonyl (C=O) groups is 1. The van der Waals surface area contributed by atoms with E-state index in [1.807, 2.05) is 31.7 Å². The summed E-state index contributed by atoms with van der Waals surface area (Å²) in [6, 6.07) is 8.15. The molecule has 0 spiro atoms. The summed E-state index contributed by atoms with van der Waals surface area (Å²) >= 11 is 0. The third kappa shape index (κ3) is 3.92. The number of amides is 1. The van der Waals surface area contributed by atoms with Gasteiger partial charge in [0.15, 0.2) is 0 Å². The van der Waals surface area contributed by atoms with Crippen LogP contribution in [0.2, 0.25) is 0 Å². The van der Waals surface area contributed by atoms with E-state index < -0.39 is 5.60 Å². The van der Waals surface area contributed by atoms with E-state index in [2.05, 4.69) is 37.0 Å². The zero-order valence-electron chi connectivity index (χ0n) is 16.4. The summed E-state index contributed by atoms with van der Waals surface area (Å²) in [5.41, 5.74) is 4.09. The molecule has 0 unspecified atom stereocenters. The van der Waals surface area contributed by atoms with Crippen LogP contribution in [0.3, 0.4) is 0 Å². The van der Waals surface area contributed by atoms with Crippen molar-refractivity contribution in [3.8, 4) is 0 Å². The van der Waals surface area contributed by atoms with Crippen LogP contribution in [0, 0.1) is 6.92 Å². The van der Waals surface area contributed by atoms with Gasteiger partial charge in [-0.3, -0.25) is 4.90 Å². The van der Waals surface area contributed by atoms with Gasteiger partial charge in [-0.05, 0) is 45.2 Å². The van der Waals surface area contributed by atoms with Crippen LogP contribution in [-0.4, -0.2) is 26.6 Å². The number of rotatable bonds is 3. The minimum atomic E-state index is -0.523. The second kappa shape index (κ2) is 7.14. The van der Waals surface area contributed by atoms with Crippen LogP contribution in [0.4, 0.5) is 4.79 Å². The second-order valence-electron chi connectivity index (χ2n) is 8.04. The normalized spacial score (nSPS) is 17.1. The molecule has 5 nitrogen and oxygen atoms in total. The van der Waals surface area contributed by atoms with Gasteiger partial charge in [-0.2, -0.15) is 0 Å². The Labute approximate surface area is 155 Å². The topological polar surface area (TPSA) is 58.2 Å². The average Bonchev–Trinajstić information content (AvgIpc) is 2.93. The molecule has 2 aromatic rings. The lowest BCUT2D eigenvalue weighted by Crippen LogP contribution is -2.42. The number of fused-ring (bicyclic) bond motifs is 1. The number of benzene rings is 1. The summed E-state index contributed by atoms with van der Waals surface area (Å²) in [7, 11) is 0. The SMILES string of the molecule is CCCc1nc([C@@H]2Cc3ccccc3CN2C(=O)OC(C)(C)C)[nH]c1C. The van der Waals surface area contributed by atoms with Crippen LogP contribution in [0.25, 0.3) is 0 Å². The first kappa shape index (κ1) is 18.5. The highest BCUT2D eigenvalue weighted by Crippen LogP contribution is 2.33. The summed E-state index contributed by atoms with van der Waals surface area (Å²) < 4.78 is 5.67. The molecule has 0 saturated carbocycles. The van der Waals surface area contributed by atoms with Crippen molar-refractivity contribution in [3.63, 3.8) is 0 Å². The number of hydrogen-bond donors (Lipinski definition) is 1. The lowest BCUT2D eigenvalue weighted by molar-refractivity contribution is 0.0107. The molecule has 0 saturated heterocycles. The lowest BCUT2D eigenvalue weighted by Gasteiger charge is -2.36. The number of nitrogens with zero attached hydrogens (tertiary/aromatic N) is 2. The maximum atomic E-state index is 12.9. The molecule has 0 aliphatic carbocycles. The number of nitrogens with one attached hydrogen (secondary N) is 1. The van der Waals surface area contributed by atoms with Crippen LogP contribution in [0.5, 0.6) is 0 Å². The molecule has 5 heteroatoms. The van der Waals surface area contributed by atoms with Crippen LogP contribution in [-0.2, 0) is 24.1 Å². The summed E-state index contributed by atoms with van der Waals surface area (Å²) in [4.78, 5) is 22.9. The summed E-state index contributed by atoms with van der Waals surface area (Å²) in [6.07, 6.45) is 2.45. The Morgan fingerprint density at radius 3 is 2.65 bits per heavy atom. The van der Waals surface area contributed by atoms with Gasteiger partial charge in [0.2, 0.25) is 0 Å². The fraction of sp³-hybridized carbons (Fsp3) is 0.524. The standard InChI is InChI=1S/C21H29N3O2/c1-6-9-17-14(2)22-19(23-17)18-12-15-10-7-8-11-16(15)13-24(18)20(25)26-21(3,4)5/h7-8,10-11,18H,6,9,12-13H2,1-5H3,(H,22,23)/t18-/m0/s1. The highest BCUT2D eigenvalue weighted by molar-refractivity contribution is 5.69. The highest BCUT2D eigenvalue weighted by Gasteiger charge is 2.35. The van der Waals surface area contributed by atoms with Gasteiger partial charge in [-0.25, -0.2) is 9.78 Å². The van der Waals surface area contributed by atoms with Gasteiger partial charge in [0.1, 0.15) is 11.4 Å². The molecule has 0 fully saturated rings. The third-order valence-corrected chi connectivity index (χ3v) is 4.68. The van der Waals surface area contributed by atoms with Crippen molar-refractivity contribution in [2.75, 3.05) is 0 Å². The van der Waals surface area contributed by atoms with Gasteiger partial charge < -0.3 is 9.72 Å². The molecule has 1 amide bonds. The first-order valence-electron chi connectivity index (χ1n) is 9.40. The molecule has 0 radical (unpaired) electrons. The Morgan fingerprint density at radius 1 is 1.31 bits per heavy atom. The molecule has 2 heterocycles. The monoisotopic (exact) mass is 355 g/mol. The van der Waals surface area contributed by atoms with Gasteiger partial charge in [-0.1, -0.05) is 37.6 Å². The first-order valence-corrected chi connectivity index (χ1v) is 9.40. The maximum absolute atomic E-state index is 12.9. The van der Waals surface area contributed by atoms with Crippen molar-refractivity contribution in [3.05, 3.63) is 52.6 Å². The van der Waals surface area contributed by atoms with Crippen LogP contribution >= 0.6 is 0 Å². The molecule has 1 aliphatic heterocycles. The number of imidazole rings is 1. The number of aromatic amines is 1. The molecule has 140 valence electrons. The van der Waals surface area contributed by atoms with Gasteiger partial charge in [0.25, 0.3) is 0 Å². The molecule has 3 rings (SSSR count). The molecule has 1 atom stereocenters. The number of H-pyrrole nitrogens is 1. The number of hydrogen-bond acceptors (Lipinski definition) is 3. The number of aromatic nitrogens is 2. The zero-order chi connectivity index (χ0) is 18.9. The maximum Gasteiger partial charge on any atom is 0.411 e. The Morgan fingerprint density at radius 2 is 2.00 bits per heavy atom. The van der Waals surface area contributed by atoms with Crippen molar-refractivity contribution >= 4 is 6.09 Å². The molecule has 1 N–H and O–H groups in total. The van der Waals surface area contributed by atoms with E-state index in [9.17, 15) is 4.79 Å². The van der Waals surface area contributed by atoms with Crippen molar-refractivity contribution in [1.29, 1.82) is 0 Å². The predicted octanol–water partition coefficient (Wildman–Crippen LogP) is 4.71.